The molecule has 2 N–H and O–H groups in total. The maximum atomic E-state index is 11.6. The Balaban J connectivity index is 3.98. The highest BCUT2D eigenvalue weighted by Gasteiger charge is 2.18. The molecule has 1 atom stereocenters. The van der Waals surface area contributed by atoms with Crippen molar-refractivity contribution in [2.45, 2.75) is 66.2 Å². The van der Waals surface area contributed by atoms with E-state index in [-0.39, 0.29) is 12.2 Å². The van der Waals surface area contributed by atoms with E-state index in [9.17, 15) is 13.9 Å². The van der Waals surface area contributed by atoms with Gasteiger partial charge in [-0.15, -0.1) is 9.35 Å². The van der Waals surface area contributed by atoms with E-state index in [1.807, 2.05) is 13.0 Å². The van der Waals surface area contributed by atoms with Gasteiger partial charge in [-0.25, -0.2) is 4.57 Å². The molecular weight excluding hydrogens is 406 g/mol. The van der Waals surface area contributed by atoms with Gasteiger partial charge < -0.3 is 14.3 Å². The standard InChI is InChI=1S/C18H32O8P2/c1-15(2)8-5-9-16(3)10-6-11-17(4)12-7-13-18(19)14-24-27(20)25-26-28(21,22)23/h8,10,12,27H,5-7,9,11,13-14H2,1-4H3,(H2,21,22,23)/b16-10+,17-12+. The highest BCUT2D eigenvalue weighted by molar-refractivity contribution is 7.46. The fourth-order valence-corrected chi connectivity index (χ4v) is 3.09. The molecular formula is C18H32O8P2. The first-order chi connectivity index (χ1) is 13.0. The van der Waals surface area contributed by atoms with Crippen molar-refractivity contribution in [1.82, 2.24) is 0 Å². The third-order valence-corrected chi connectivity index (χ3v) is 4.60. The Bertz CT molecular complexity index is 642. The molecule has 0 saturated heterocycles. The zero-order valence-corrected chi connectivity index (χ0v) is 18.9. The molecule has 1 unspecified atom stereocenters. The van der Waals surface area contributed by atoms with Crippen molar-refractivity contribution < 1.29 is 37.6 Å². The number of phosphoric acid groups is 1. The van der Waals surface area contributed by atoms with Crippen LogP contribution in [0.4, 0.5) is 0 Å². The Morgan fingerprint density at radius 3 is 1.93 bits per heavy atom. The molecule has 0 saturated carbocycles. The highest BCUT2D eigenvalue weighted by atomic mass is 31.2. The summed E-state index contributed by atoms with van der Waals surface area (Å²) in [4.78, 5) is 28.4. The summed E-state index contributed by atoms with van der Waals surface area (Å²) >= 11 is 0. The molecule has 28 heavy (non-hydrogen) atoms. The molecule has 0 rings (SSSR count). The summed E-state index contributed by atoms with van der Waals surface area (Å²) in [5.41, 5.74) is 3.90. The Morgan fingerprint density at radius 2 is 1.43 bits per heavy atom. The number of allylic oxidation sites excluding steroid dienone is 6. The second-order valence-electron chi connectivity index (χ2n) is 6.72. The fraction of sp³-hybridized carbons (Fsp3) is 0.611. The largest absolute Gasteiger partial charge is 0.497 e. The summed E-state index contributed by atoms with van der Waals surface area (Å²) in [5.74, 6) is -0.294. The van der Waals surface area contributed by atoms with Crippen LogP contribution in [-0.2, 0) is 27.8 Å². The SMILES string of the molecule is CC(C)=CCC/C(C)=C/CC/C(C)=C/CCC(=O)CO[PH](=O)OOP(=O)(O)O. The van der Waals surface area contributed by atoms with Gasteiger partial charge >= 0.3 is 16.1 Å². The van der Waals surface area contributed by atoms with Crippen LogP contribution >= 0.6 is 16.1 Å². The van der Waals surface area contributed by atoms with E-state index in [2.05, 4.69) is 46.8 Å². The lowest BCUT2D eigenvalue weighted by Gasteiger charge is -2.05. The predicted octanol–water partition coefficient (Wildman–Crippen LogP) is 5.20. The second kappa shape index (κ2) is 15.1. The van der Waals surface area contributed by atoms with Gasteiger partial charge in [-0.05, 0) is 59.8 Å². The molecule has 0 bridgehead atoms. The fourth-order valence-electron chi connectivity index (χ4n) is 2.13. The number of hydrogen-bond acceptors (Lipinski definition) is 6. The van der Waals surface area contributed by atoms with E-state index in [0.29, 0.717) is 6.42 Å². The molecule has 0 aromatic carbocycles. The van der Waals surface area contributed by atoms with Gasteiger partial charge in [-0.2, -0.15) is 0 Å². The van der Waals surface area contributed by atoms with Crippen molar-refractivity contribution in [2.24, 2.45) is 0 Å². The van der Waals surface area contributed by atoms with Crippen molar-refractivity contribution >= 4 is 21.9 Å². The minimum atomic E-state index is -4.90. The first-order valence-corrected chi connectivity index (χ1v) is 11.8. The number of hydrogen-bond donors (Lipinski definition) is 2. The molecule has 162 valence electrons. The smallest absolute Gasteiger partial charge is 0.301 e. The Morgan fingerprint density at radius 1 is 0.929 bits per heavy atom. The van der Waals surface area contributed by atoms with Crippen LogP contribution in [0.3, 0.4) is 0 Å². The van der Waals surface area contributed by atoms with Gasteiger partial charge in [0.25, 0.3) is 0 Å². The monoisotopic (exact) mass is 438 g/mol. The molecule has 0 aliphatic rings. The second-order valence-corrected chi connectivity index (χ2v) is 8.81. The summed E-state index contributed by atoms with van der Waals surface area (Å²) in [6.07, 6.45) is 11.2. The predicted molar refractivity (Wildman–Crippen MR) is 109 cm³/mol. The number of Topliss-reactive ketones (excluding diaryl/α,β-unsaturated/α-hetero) is 1. The molecule has 0 radical (unpaired) electrons. The zero-order valence-electron chi connectivity index (χ0n) is 17.0. The van der Waals surface area contributed by atoms with Gasteiger partial charge in [-0.3, -0.25) is 9.36 Å². The van der Waals surface area contributed by atoms with E-state index in [1.165, 1.54) is 16.7 Å². The molecule has 0 aromatic heterocycles. The van der Waals surface area contributed by atoms with Crippen LogP contribution in [0, 0.1) is 0 Å². The van der Waals surface area contributed by atoms with Crippen LogP contribution in [0.25, 0.3) is 0 Å². The minimum Gasteiger partial charge on any atom is -0.301 e. The summed E-state index contributed by atoms with van der Waals surface area (Å²) in [7, 11) is -8.20. The first-order valence-electron chi connectivity index (χ1n) is 9.04. The Labute approximate surface area is 167 Å². The molecule has 0 amide bonds. The van der Waals surface area contributed by atoms with Crippen molar-refractivity contribution in [2.75, 3.05) is 6.61 Å². The van der Waals surface area contributed by atoms with Gasteiger partial charge in [0.15, 0.2) is 5.78 Å². The van der Waals surface area contributed by atoms with Gasteiger partial charge in [0.2, 0.25) is 0 Å². The Kier molecular flexibility index (Phi) is 14.6. The van der Waals surface area contributed by atoms with Crippen molar-refractivity contribution in [1.29, 1.82) is 0 Å². The summed E-state index contributed by atoms with van der Waals surface area (Å²) in [6, 6.07) is 0. The van der Waals surface area contributed by atoms with Crippen LogP contribution in [0.2, 0.25) is 0 Å². The van der Waals surface area contributed by atoms with E-state index in [0.717, 1.165) is 25.7 Å². The topological polar surface area (TPSA) is 119 Å². The van der Waals surface area contributed by atoms with Gasteiger partial charge in [-0.1, -0.05) is 34.9 Å². The van der Waals surface area contributed by atoms with Crippen LogP contribution in [0.5, 0.6) is 0 Å². The molecule has 0 aliphatic carbocycles. The molecule has 0 spiro atoms. The zero-order chi connectivity index (χ0) is 21.6. The van der Waals surface area contributed by atoms with Gasteiger partial charge in [0.1, 0.15) is 6.61 Å². The molecule has 0 aromatic rings. The molecule has 8 nitrogen and oxygen atoms in total. The average Bonchev–Trinajstić information content (AvgIpc) is 2.57. The molecule has 0 fully saturated rings. The van der Waals surface area contributed by atoms with Crippen LogP contribution in [0.15, 0.2) is 34.9 Å². The number of carbonyl (C=O) groups is 1. The lowest BCUT2D eigenvalue weighted by atomic mass is 10.1. The van der Waals surface area contributed by atoms with E-state index < -0.39 is 22.7 Å². The lowest BCUT2D eigenvalue weighted by molar-refractivity contribution is -0.131. The van der Waals surface area contributed by atoms with Crippen LogP contribution < -0.4 is 0 Å². The van der Waals surface area contributed by atoms with Crippen LogP contribution in [-0.4, -0.2) is 22.2 Å². The van der Waals surface area contributed by atoms with Crippen molar-refractivity contribution in [3.05, 3.63) is 34.9 Å². The maximum Gasteiger partial charge on any atom is 0.497 e. The summed E-state index contributed by atoms with van der Waals surface area (Å²) in [6.45, 7) is 7.87. The maximum absolute atomic E-state index is 11.6. The third-order valence-electron chi connectivity index (χ3n) is 3.59. The quantitative estimate of drug-likeness (QED) is 0.155. The Hall–Kier alpha value is -0.850. The number of ketones is 1. The first kappa shape index (κ1) is 27.1. The normalized spacial score (nSPS) is 14.1. The van der Waals surface area contributed by atoms with Crippen molar-refractivity contribution in [3.63, 3.8) is 0 Å². The van der Waals surface area contributed by atoms with Gasteiger partial charge in [0, 0.05) is 6.42 Å². The van der Waals surface area contributed by atoms with Crippen molar-refractivity contribution in [3.8, 4) is 0 Å². The third kappa shape index (κ3) is 18.5. The van der Waals surface area contributed by atoms with Crippen LogP contribution in [0.1, 0.15) is 66.2 Å². The number of carbonyl (C=O) groups excluding carboxylic acids is 1. The average molecular weight is 438 g/mol. The molecule has 0 heterocycles. The minimum absolute atomic E-state index is 0.212. The van der Waals surface area contributed by atoms with E-state index in [4.69, 9.17) is 9.79 Å². The van der Waals surface area contributed by atoms with Gasteiger partial charge in [0.05, 0.1) is 0 Å². The molecule has 0 aliphatic heterocycles. The van der Waals surface area contributed by atoms with E-state index in [1.54, 1.807) is 0 Å². The lowest BCUT2D eigenvalue weighted by Crippen LogP contribution is -2.05. The number of rotatable bonds is 15. The van der Waals surface area contributed by atoms with E-state index >= 15 is 0 Å². The molecule has 10 heteroatoms. The highest BCUT2D eigenvalue weighted by Crippen LogP contribution is 2.40. The summed E-state index contributed by atoms with van der Waals surface area (Å²) < 4.78 is 33.5. The summed E-state index contributed by atoms with van der Waals surface area (Å²) in [5, 5.41) is 0.